The van der Waals surface area contributed by atoms with Gasteiger partial charge in [0.25, 0.3) is 5.69 Å². The van der Waals surface area contributed by atoms with Crippen molar-refractivity contribution in [3.63, 3.8) is 0 Å². The summed E-state index contributed by atoms with van der Waals surface area (Å²) in [5.41, 5.74) is -0.225. The van der Waals surface area contributed by atoms with Crippen LogP contribution in [0.5, 0.6) is 0 Å². The van der Waals surface area contributed by atoms with Crippen molar-refractivity contribution in [1.82, 2.24) is 5.16 Å². The van der Waals surface area contributed by atoms with Gasteiger partial charge in [0.1, 0.15) is 0 Å². The maximum absolute atomic E-state index is 12.3. The van der Waals surface area contributed by atoms with Gasteiger partial charge in [-0.15, -0.1) is 0 Å². The molecule has 0 fully saturated rings. The third-order valence-corrected chi connectivity index (χ3v) is 6.34. The molecule has 0 aromatic carbocycles. The number of fused-ring (bicyclic) bond motifs is 6. The first-order chi connectivity index (χ1) is 11.9. The van der Waals surface area contributed by atoms with Crippen molar-refractivity contribution in [2.24, 2.45) is 11.3 Å². The Bertz CT molecular complexity index is 880. The fourth-order valence-electron chi connectivity index (χ4n) is 5.05. The molecule has 0 bridgehead atoms. The molecule has 8 nitrogen and oxygen atoms in total. The van der Waals surface area contributed by atoms with Crippen molar-refractivity contribution >= 4 is 0 Å². The SMILES string of the molecule is CC1=CC[C@]2(C#N)[C@H](C1)c1c(no[n+]1[O-])[C@@]1([N+](=O)[O-])CC=C(C)C[C@@H]21. The van der Waals surface area contributed by atoms with Gasteiger partial charge < -0.3 is 5.21 Å². The number of nitrogens with zero attached hydrogens (tertiary/aromatic N) is 4. The van der Waals surface area contributed by atoms with Gasteiger partial charge in [0.05, 0.1) is 23.3 Å². The largest absolute Gasteiger partial charge is 0.359 e. The summed E-state index contributed by atoms with van der Waals surface area (Å²) in [6.45, 7) is 3.88. The highest BCUT2D eigenvalue weighted by atomic mass is 16.8. The second-order valence-electron chi connectivity index (χ2n) is 7.52. The van der Waals surface area contributed by atoms with Gasteiger partial charge in [0, 0.05) is 16.5 Å². The highest BCUT2D eigenvalue weighted by Gasteiger charge is 2.73. The van der Waals surface area contributed by atoms with E-state index >= 15 is 0 Å². The van der Waals surface area contributed by atoms with Gasteiger partial charge in [-0.1, -0.05) is 23.3 Å². The summed E-state index contributed by atoms with van der Waals surface area (Å²) in [5.74, 6) is -0.984. The molecule has 0 saturated heterocycles. The summed E-state index contributed by atoms with van der Waals surface area (Å²) in [5, 5.41) is 38.5. The zero-order chi connectivity index (χ0) is 18.0. The number of nitro groups is 1. The maximum atomic E-state index is 12.3. The average molecular weight is 342 g/mol. The summed E-state index contributed by atoms with van der Waals surface area (Å²) < 4.78 is 4.80. The summed E-state index contributed by atoms with van der Waals surface area (Å²) in [6.07, 6.45) is 5.28. The molecule has 4 atom stereocenters. The Hall–Kier alpha value is -2.69. The highest BCUT2D eigenvalue weighted by Crippen LogP contribution is 2.64. The van der Waals surface area contributed by atoms with Crippen LogP contribution in [0.1, 0.15) is 56.8 Å². The van der Waals surface area contributed by atoms with Gasteiger partial charge in [-0.25, -0.2) is 0 Å². The lowest BCUT2D eigenvalue weighted by Gasteiger charge is -2.50. The van der Waals surface area contributed by atoms with Crippen molar-refractivity contribution in [2.45, 2.75) is 51.0 Å². The van der Waals surface area contributed by atoms with E-state index < -0.39 is 22.8 Å². The van der Waals surface area contributed by atoms with Gasteiger partial charge in [0.2, 0.25) is 5.69 Å². The van der Waals surface area contributed by atoms with Crippen molar-refractivity contribution < 1.29 is 14.5 Å². The molecule has 3 aliphatic rings. The Labute approximate surface area is 144 Å². The van der Waals surface area contributed by atoms with E-state index in [0.717, 1.165) is 11.1 Å². The predicted octanol–water partition coefficient (Wildman–Crippen LogP) is 2.48. The summed E-state index contributed by atoms with van der Waals surface area (Å²) >= 11 is 0. The first-order valence-electron chi connectivity index (χ1n) is 8.34. The summed E-state index contributed by atoms with van der Waals surface area (Å²) in [4.78, 5) is 12.2. The molecule has 0 saturated carbocycles. The summed E-state index contributed by atoms with van der Waals surface area (Å²) in [6, 6.07) is 2.40. The summed E-state index contributed by atoms with van der Waals surface area (Å²) in [7, 11) is 0. The first kappa shape index (κ1) is 15.8. The topological polar surface area (TPSA) is 120 Å². The lowest BCUT2D eigenvalue weighted by molar-refractivity contribution is -0.809. The normalized spacial score (nSPS) is 36.2. The lowest BCUT2D eigenvalue weighted by atomic mass is 9.48. The molecular weight excluding hydrogens is 324 g/mol. The van der Waals surface area contributed by atoms with Crippen LogP contribution in [-0.4, -0.2) is 10.1 Å². The zero-order valence-corrected chi connectivity index (χ0v) is 14.1. The quantitative estimate of drug-likeness (QED) is 0.334. The van der Waals surface area contributed by atoms with E-state index in [1.165, 1.54) is 0 Å². The van der Waals surface area contributed by atoms with Crippen LogP contribution < -0.4 is 4.90 Å². The Morgan fingerprint density at radius 2 is 2.04 bits per heavy atom. The van der Waals surface area contributed by atoms with Crippen LogP contribution in [0.25, 0.3) is 0 Å². The van der Waals surface area contributed by atoms with Gasteiger partial charge in [-0.3, -0.25) is 14.7 Å². The first-order valence-corrected chi connectivity index (χ1v) is 8.34. The molecule has 25 heavy (non-hydrogen) atoms. The van der Waals surface area contributed by atoms with E-state index in [1.807, 2.05) is 26.0 Å². The van der Waals surface area contributed by atoms with Crippen LogP contribution in [0.2, 0.25) is 0 Å². The smallest absolute Gasteiger partial charge is 0.300 e. The van der Waals surface area contributed by atoms with Crippen molar-refractivity contribution in [1.29, 1.82) is 5.26 Å². The standard InChI is InChI=1S/C17H18N4O4/c1-10-3-5-16(9-18)12(7-10)14-15(19-25-20(14)22)17(21(23)24)6-4-11(2)8-13(16)17/h3-4,12-13H,5-8H2,1-2H3/t12-,13+,16+,17-/m1/s1. The second kappa shape index (κ2) is 4.91. The number of aromatic nitrogens is 2. The number of hydrogen-bond acceptors (Lipinski definition) is 6. The monoisotopic (exact) mass is 342 g/mol. The highest BCUT2D eigenvalue weighted by molar-refractivity contribution is 5.39. The maximum Gasteiger partial charge on any atom is 0.300 e. The van der Waals surface area contributed by atoms with Crippen LogP contribution in [-0.2, 0) is 5.54 Å². The molecule has 4 rings (SSSR count). The third-order valence-electron chi connectivity index (χ3n) is 6.34. The predicted molar refractivity (Wildman–Crippen MR) is 84.4 cm³/mol. The van der Waals surface area contributed by atoms with E-state index in [2.05, 4.69) is 11.2 Å². The fraction of sp³-hybridized carbons (Fsp3) is 0.588. The van der Waals surface area contributed by atoms with E-state index in [4.69, 9.17) is 4.63 Å². The minimum atomic E-state index is -1.58. The van der Waals surface area contributed by atoms with Crippen LogP contribution in [0, 0.1) is 38.0 Å². The molecule has 1 aromatic heterocycles. The molecular formula is C17H18N4O4. The number of rotatable bonds is 1. The van der Waals surface area contributed by atoms with Gasteiger partial charge in [-0.05, 0) is 38.0 Å². The van der Waals surface area contributed by atoms with Crippen molar-refractivity contribution in [2.75, 3.05) is 0 Å². The van der Waals surface area contributed by atoms with E-state index in [1.54, 1.807) is 0 Å². The van der Waals surface area contributed by atoms with Gasteiger partial charge in [0.15, 0.2) is 0 Å². The zero-order valence-electron chi connectivity index (χ0n) is 14.1. The molecule has 130 valence electrons. The van der Waals surface area contributed by atoms with Crippen LogP contribution >= 0.6 is 0 Å². The Morgan fingerprint density at radius 1 is 1.36 bits per heavy atom. The number of allylic oxidation sites excluding steroid dienone is 3. The van der Waals surface area contributed by atoms with Crippen LogP contribution in [0.15, 0.2) is 27.9 Å². The molecule has 0 spiro atoms. The van der Waals surface area contributed by atoms with Gasteiger partial charge in [-0.2, -0.15) is 5.26 Å². The molecule has 0 amide bonds. The molecule has 8 heteroatoms. The minimum absolute atomic E-state index is 0.104. The van der Waals surface area contributed by atoms with Crippen LogP contribution in [0.4, 0.5) is 0 Å². The van der Waals surface area contributed by atoms with Crippen LogP contribution in [0.3, 0.4) is 0 Å². The average Bonchev–Trinajstić information content (AvgIpc) is 2.97. The Balaban J connectivity index is 2.08. The lowest BCUT2D eigenvalue weighted by Crippen LogP contribution is -2.59. The van der Waals surface area contributed by atoms with E-state index in [0.29, 0.717) is 19.3 Å². The molecule has 1 heterocycles. The molecule has 3 aliphatic carbocycles. The third kappa shape index (κ3) is 1.75. The molecule has 0 N–H and O–H groups in total. The number of hydrogen-bond donors (Lipinski definition) is 0. The molecule has 0 unspecified atom stereocenters. The fourth-order valence-corrected chi connectivity index (χ4v) is 5.05. The van der Waals surface area contributed by atoms with E-state index in [9.17, 15) is 20.6 Å². The number of nitriles is 1. The molecule has 0 radical (unpaired) electrons. The second-order valence-corrected chi connectivity index (χ2v) is 7.52. The van der Waals surface area contributed by atoms with E-state index in [-0.39, 0.29) is 27.6 Å². The van der Waals surface area contributed by atoms with Gasteiger partial charge >= 0.3 is 5.54 Å². The molecule has 0 aliphatic heterocycles. The van der Waals surface area contributed by atoms with Crippen molar-refractivity contribution in [3.8, 4) is 6.07 Å². The molecule has 1 aromatic rings. The van der Waals surface area contributed by atoms with Crippen molar-refractivity contribution in [3.05, 3.63) is 50.0 Å². The Kier molecular flexibility index (Phi) is 3.11. The minimum Gasteiger partial charge on any atom is -0.359 e. The Morgan fingerprint density at radius 3 is 2.72 bits per heavy atom.